The lowest BCUT2D eigenvalue weighted by atomic mass is 9.87. The summed E-state index contributed by atoms with van der Waals surface area (Å²) in [6.07, 6.45) is 17.7. The number of aryl methyl sites for hydroxylation is 1. The Morgan fingerprint density at radius 2 is 1.90 bits per heavy atom. The first kappa shape index (κ1) is 26.1. The van der Waals surface area contributed by atoms with E-state index in [1.54, 1.807) is 0 Å². The van der Waals surface area contributed by atoms with Gasteiger partial charge in [-0.25, -0.2) is 0 Å². The Morgan fingerprint density at radius 1 is 1.10 bits per heavy atom. The SMILES string of the molecule is O=C(CCC/C=C\C[C@H]1CCCC1CC[C@@H](O)CCc1ccccc1)OCCCCBr. The van der Waals surface area contributed by atoms with Gasteiger partial charge < -0.3 is 9.84 Å². The van der Waals surface area contributed by atoms with Gasteiger partial charge in [-0.15, -0.1) is 0 Å². The number of carbonyl (C=O) groups excluding carboxylic acids is 1. The molecule has 2 rings (SSSR count). The van der Waals surface area contributed by atoms with Crippen LogP contribution in [-0.2, 0) is 16.0 Å². The van der Waals surface area contributed by atoms with Crippen molar-refractivity contribution < 1.29 is 14.6 Å². The molecule has 1 aromatic rings. The Balaban J connectivity index is 1.53. The van der Waals surface area contributed by atoms with E-state index in [-0.39, 0.29) is 12.1 Å². The van der Waals surface area contributed by atoms with Gasteiger partial charge in [0.05, 0.1) is 12.7 Å². The van der Waals surface area contributed by atoms with E-state index in [0.717, 1.165) is 75.0 Å². The van der Waals surface area contributed by atoms with Crippen LogP contribution in [0.1, 0.15) is 82.6 Å². The van der Waals surface area contributed by atoms with Crippen LogP contribution in [0.2, 0.25) is 0 Å². The van der Waals surface area contributed by atoms with Gasteiger partial charge in [-0.3, -0.25) is 4.79 Å². The van der Waals surface area contributed by atoms with Crippen molar-refractivity contribution in [2.45, 2.75) is 89.6 Å². The molecule has 1 fully saturated rings. The fourth-order valence-corrected chi connectivity index (χ4v) is 4.94. The molecule has 3 nitrogen and oxygen atoms in total. The number of hydrogen-bond donors (Lipinski definition) is 1. The average molecular weight is 494 g/mol. The van der Waals surface area contributed by atoms with Crippen LogP contribution < -0.4 is 0 Å². The molecule has 0 aliphatic heterocycles. The second-order valence-corrected chi connectivity index (χ2v) is 9.72. The van der Waals surface area contributed by atoms with Crippen LogP contribution in [0, 0.1) is 11.8 Å². The van der Waals surface area contributed by atoms with Gasteiger partial charge in [0, 0.05) is 11.8 Å². The van der Waals surface area contributed by atoms with Crippen LogP contribution >= 0.6 is 15.9 Å². The van der Waals surface area contributed by atoms with E-state index >= 15 is 0 Å². The van der Waals surface area contributed by atoms with Crippen molar-refractivity contribution >= 4 is 21.9 Å². The van der Waals surface area contributed by atoms with Crippen molar-refractivity contribution in [3.05, 3.63) is 48.0 Å². The summed E-state index contributed by atoms with van der Waals surface area (Å²) < 4.78 is 5.23. The lowest BCUT2D eigenvalue weighted by Crippen LogP contribution is -2.13. The third kappa shape index (κ3) is 11.9. The maximum atomic E-state index is 11.7. The number of aliphatic hydroxyl groups is 1. The first-order valence-corrected chi connectivity index (χ1v) is 13.4. The summed E-state index contributed by atoms with van der Waals surface area (Å²) in [4.78, 5) is 11.7. The number of ether oxygens (including phenoxy) is 1. The third-order valence-electron chi connectivity index (χ3n) is 6.44. The van der Waals surface area contributed by atoms with E-state index in [4.69, 9.17) is 4.74 Å². The van der Waals surface area contributed by atoms with Crippen molar-refractivity contribution in [1.82, 2.24) is 0 Å². The highest BCUT2D eigenvalue weighted by Crippen LogP contribution is 2.37. The molecular formula is C27H41BrO3. The molecule has 1 saturated carbocycles. The molecule has 0 aromatic heterocycles. The summed E-state index contributed by atoms with van der Waals surface area (Å²) in [6.45, 7) is 0.546. The van der Waals surface area contributed by atoms with Gasteiger partial charge in [-0.05, 0) is 81.6 Å². The highest BCUT2D eigenvalue weighted by Gasteiger charge is 2.26. The maximum absolute atomic E-state index is 11.7. The monoisotopic (exact) mass is 492 g/mol. The molecule has 0 radical (unpaired) electrons. The molecule has 1 aliphatic carbocycles. The summed E-state index contributed by atoms with van der Waals surface area (Å²) >= 11 is 3.38. The van der Waals surface area contributed by atoms with E-state index in [0.29, 0.717) is 13.0 Å². The van der Waals surface area contributed by atoms with Gasteiger partial charge >= 0.3 is 5.97 Å². The van der Waals surface area contributed by atoms with Gasteiger partial charge in [0.15, 0.2) is 0 Å². The second kappa shape index (κ2) is 16.5. The molecule has 0 spiro atoms. The van der Waals surface area contributed by atoms with E-state index in [1.807, 2.05) is 6.07 Å². The molecule has 4 heteroatoms. The molecule has 1 unspecified atom stereocenters. The van der Waals surface area contributed by atoms with Crippen LogP contribution in [0.15, 0.2) is 42.5 Å². The molecule has 0 bridgehead atoms. The number of hydrogen-bond acceptors (Lipinski definition) is 3. The molecule has 1 aromatic carbocycles. The maximum Gasteiger partial charge on any atom is 0.305 e. The summed E-state index contributed by atoms with van der Waals surface area (Å²) in [5.41, 5.74) is 1.31. The lowest BCUT2D eigenvalue weighted by Gasteiger charge is -2.20. The summed E-state index contributed by atoms with van der Waals surface area (Å²) in [5, 5.41) is 11.4. The minimum Gasteiger partial charge on any atom is -0.466 e. The Morgan fingerprint density at radius 3 is 2.71 bits per heavy atom. The molecule has 1 N–H and O–H groups in total. The number of halogens is 1. The fourth-order valence-electron chi connectivity index (χ4n) is 4.54. The van der Waals surface area contributed by atoms with E-state index in [2.05, 4.69) is 52.3 Å². The normalized spacial score (nSPS) is 19.7. The topological polar surface area (TPSA) is 46.5 Å². The zero-order valence-electron chi connectivity index (χ0n) is 19.0. The number of esters is 1. The quantitative estimate of drug-likeness (QED) is 0.117. The van der Waals surface area contributed by atoms with Gasteiger partial charge in [-0.1, -0.05) is 71.3 Å². The number of benzene rings is 1. The number of rotatable bonds is 16. The molecule has 0 heterocycles. The molecular weight excluding hydrogens is 452 g/mol. The minimum absolute atomic E-state index is 0.0651. The number of allylic oxidation sites excluding steroid dienone is 2. The molecule has 0 saturated heterocycles. The highest BCUT2D eigenvalue weighted by molar-refractivity contribution is 9.09. The van der Waals surface area contributed by atoms with Crippen LogP contribution in [0.25, 0.3) is 0 Å². The Hall–Kier alpha value is -1.13. The number of carbonyl (C=O) groups is 1. The summed E-state index contributed by atoms with van der Waals surface area (Å²) in [7, 11) is 0. The Bertz CT molecular complexity index is 616. The zero-order valence-corrected chi connectivity index (χ0v) is 20.6. The van der Waals surface area contributed by atoms with Crippen molar-refractivity contribution in [2.75, 3.05) is 11.9 Å². The van der Waals surface area contributed by atoms with E-state index < -0.39 is 0 Å². The lowest BCUT2D eigenvalue weighted by molar-refractivity contribution is -0.143. The third-order valence-corrected chi connectivity index (χ3v) is 7.01. The highest BCUT2D eigenvalue weighted by atomic mass is 79.9. The van der Waals surface area contributed by atoms with Gasteiger partial charge in [0.2, 0.25) is 0 Å². The Labute approximate surface area is 197 Å². The fraction of sp³-hybridized carbons (Fsp3) is 0.667. The van der Waals surface area contributed by atoms with E-state index in [1.165, 1.54) is 24.8 Å². The van der Waals surface area contributed by atoms with Crippen molar-refractivity contribution in [2.24, 2.45) is 11.8 Å². The second-order valence-electron chi connectivity index (χ2n) is 8.92. The standard InChI is InChI=1S/C27H41BrO3/c28-21-8-9-22-31-27(30)16-7-2-1-6-13-24-14-10-15-25(24)18-20-26(29)19-17-23-11-4-3-5-12-23/h1,3-6,11-12,24-26,29H,2,7-10,13-22H2/b6-1-/t24-,25?,26-/m0/s1. The molecule has 31 heavy (non-hydrogen) atoms. The molecule has 1 aliphatic rings. The summed E-state index contributed by atoms with van der Waals surface area (Å²) in [6, 6.07) is 10.5. The zero-order chi connectivity index (χ0) is 22.2. The Kier molecular flexibility index (Phi) is 13.9. The average Bonchev–Trinajstić information content (AvgIpc) is 3.24. The summed E-state index contributed by atoms with van der Waals surface area (Å²) in [5.74, 6) is 1.45. The van der Waals surface area contributed by atoms with Crippen LogP contribution in [0.4, 0.5) is 0 Å². The van der Waals surface area contributed by atoms with Gasteiger partial charge in [0.1, 0.15) is 0 Å². The molecule has 174 valence electrons. The number of unbranched alkanes of at least 4 members (excludes halogenated alkanes) is 2. The van der Waals surface area contributed by atoms with E-state index in [9.17, 15) is 9.90 Å². The van der Waals surface area contributed by atoms with Crippen molar-refractivity contribution in [3.8, 4) is 0 Å². The number of aliphatic hydroxyl groups excluding tert-OH is 1. The van der Waals surface area contributed by atoms with Crippen LogP contribution in [0.5, 0.6) is 0 Å². The predicted octanol–water partition coefficient (Wildman–Crippen LogP) is 7.01. The largest absolute Gasteiger partial charge is 0.466 e. The van der Waals surface area contributed by atoms with Gasteiger partial charge in [0.25, 0.3) is 0 Å². The van der Waals surface area contributed by atoms with Crippen molar-refractivity contribution in [1.29, 1.82) is 0 Å². The van der Waals surface area contributed by atoms with Crippen LogP contribution in [0.3, 0.4) is 0 Å². The number of alkyl halides is 1. The minimum atomic E-state index is -0.184. The molecule has 3 atom stereocenters. The predicted molar refractivity (Wildman–Crippen MR) is 132 cm³/mol. The first-order valence-electron chi connectivity index (χ1n) is 12.3. The smallest absolute Gasteiger partial charge is 0.305 e. The van der Waals surface area contributed by atoms with Gasteiger partial charge in [-0.2, -0.15) is 0 Å². The van der Waals surface area contributed by atoms with Crippen LogP contribution in [-0.4, -0.2) is 29.1 Å². The first-order chi connectivity index (χ1) is 15.2. The van der Waals surface area contributed by atoms with Crippen molar-refractivity contribution in [3.63, 3.8) is 0 Å². The molecule has 0 amide bonds.